The second kappa shape index (κ2) is 5.12. The van der Waals surface area contributed by atoms with Crippen molar-refractivity contribution in [3.05, 3.63) is 53.1 Å². The van der Waals surface area contributed by atoms with E-state index in [-0.39, 0.29) is 0 Å². The van der Waals surface area contributed by atoms with E-state index in [1.54, 1.807) is 0 Å². The lowest BCUT2D eigenvalue weighted by Gasteiger charge is -2.11. The van der Waals surface area contributed by atoms with Crippen LogP contribution in [0, 0.1) is 13.8 Å². The zero-order valence-corrected chi connectivity index (χ0v) is 13.8. The third kappa shape index (κ3) is 1.89. The Morgan fingerprint density at radius 3 is 2.64 bits per heavy atom. The number of allylic oxidation sites excluding steroid dienone is 1. The van der Waals surface area contributed by atoms with Gasteiger partial charge in [0.05, 0.1) is 12.1 Å². The number of aromatic nitrogens is 2. The van der Waals surface area contributed by atoms with Crippen LogP contribution in [0.3, 0.4) is 0 Å². The van der Waals surface area contributed by atoms with E-state index in [0.29, 0.717) is 5.92 Å². The maximum atomic E-state index is 8.68. The summed E-state index contributed by atoms with van der Waals surface area (Å²) in [5, 5.41) is 0. The number of para-hydroxylation sites is 1. The molecule has 0 spiro atoms. The van der Waals surface area contributed by atoms with E-state index in [1.807, 2.05) is 13.0 Å². The van der Waals surface area contributed by atoms with Crippen LogP contribution in [0.25, 0.3) is 11.9 Å². The van der Waals surface area contributed by atoms with Gasteiger partial charge in [0.15, 0.2) is 5.69 Å². The molecule has 114 valence electrons. The fraction of sp³-hybridized carbons (Fsp3) is 0.450. The Kier molecular flexibility index (Phi) is 2.95. The van der Waals surface area contributed by atoms with Gasteiger partial charge < -0.3 is 0 Å². The van der Waals surface area contributed by atoms with Crippen LogP contribution in [0.15, 0.2) is 30.3 Å². The van der Waals surface area contributed by atoms with Crippen LogP contribution in [0.5, 0.6) is 0 Å². The number of imidazole rings is 1. The monoisotopic (exact) mass is 294 g/mol. The number of hydrogen-bond donors (Lipinski definition) is 0. The van der Waals surface area contributed by atoms with Crippen molar-refractivity contribution in [3.8, 4) is 5.69 Å². The van der Waals surface area contributed by atoms with Crippen LogP contribution in [-0.2, 0) is 0 Å². The van der Waals surface area contributed by atoms with Gasteiger partial charge in [-0.15, -0.1) is 0 Å². The normalized spacial score (nSPS) is 24.8. The number of aryl methyl sites for hydroxylation is 1. The molecule has 2 aliphatic rings. The predicted octanol–water partition coefficient (Wildman–Crippen LogP) is 4.63. The van der Waals surface area contributed by atoms with Gasteiger partial charge in [0.25, 0.3) is 5.82 Å². The molecule has 2 aromatic rings. The van der Waals surface area contributed by atoms with Gasteiger partial charge in [0.2, 0.25) is 0 Å². The molecule has 1 aromatic carbocycles. The third-order valence-corrected chi connectivity index (χ3v) is 5.32. The van der Waals surface area contributed by atoms with Gasteiger partial charge in [-0.1, -0.05) is 38.0 Å². The van der Waals surface area contributed by atoms with Crippen molar-refractivity contribution in [1.29, 1.82) is 0 Å². The van der Waals surface area contributed by atoms with Crippen molar-refractivity contribution in [2.45, 2.75) is 58.3 Å². The first kappa shape index (κ1) is 12.7. The number of fused-ring (bicyclic) bond motifs is 1. The summed E-state index contributed by atoms with van der Waals surface area (Å²) in [6.45, 7) is 6.35. The fourth-order valence-corrected chi connectivity index (χ4v) is 4.25. The first-order chi connectivity index (χ1) is 11.0. The minimum atomic E-state index is -0.634. The van der Waals surface area contributed by atoms with Gasteiger partial charge >= 0.3 is 0 Å². The molecule has 22 heavy (non-hydrogen) atoms. The maximum Gasteiger partial charge on any atom is 0.269 e. The van der Waals surface area contributed by atoms with Gasteiger partial charge in [-0.25, -0.2) is 4.57 Å². The second-order valence-electron chi connectivity index (χ2n) is 6.76. The zero-order chi connectivity index (χ0) is 16.2. The Balaban J connectivity index is 2.02. The minimum absolute atomic E-state index is 0.598. The molecular weight excluding hydrogens is 268 g/mol. The highest BCUT2D eigenvalue weighted by atomic mass is 15.2. The van der Waals surface area contributed by atoms with E-state index in [9.17, 15) is 0 Å². The SMILES string of the molecule is [2H]C1(C)C=Cn2c1c(C)[n+](-c1ccccc1C)c2C1CCCC1. The summed E-state index contributed by atoms with van der Waals surface area (Å²) >= 11 is 0. The predicted molar refractivity (Wildman–Crippen MR) is 90.4 cm³/mol. The standard InChI is InChI=1S/C20H25N2/c1-14-8-4-7-11-18(14)22-16(3)19-15(2)12-13-21(19)20(22)17-9-5-6-10-17/h4,7-8,11-13,15,17H,5-6,9-10H2,1-3H3/q+1/i15D. The molecule has 0 radical (unpaired) electrons. The molecule has 1 aliphatic heterocycles. The Hall–Kier alpha value is -1.83. The van der Waals surface area contributed by atoms with Gasteiger partial charge in [0.1, 0.15) is 11.4 Å². The number of hydrogen-bond acceptors (Lipinski definition) is 0. The Labute approximate surface area is 134 Å². The number of benzene rings is 1. The minimum Gasteiger partial charge on any atom is -0.203 e. The van der Waals surface area contributed by atoms with E-state index >= 15 is 0 Å². The first-order valence-corrected chi connectivity index (χ1v) is 8.43. The van der Waals surface area contributed by atoms with Crippen LogP contribution in [-0.4, -0.2) is 4.57 Å². The maximum absolute atomic E-state index is 8.68. The van der Waals surface area contributed by atoms with E-state index in [1.165, 1.54) is 48.5 Å². The molecule has 1 saturated carbocycles. The summed E-state index contributed by atoms with van der Waals surface area (Å²) in [5.74, 6) is 1.34. The number of rotatable bonds is 2. The number of nitrogens with zero attached hydrogens (tertiary/aromatic N) is 2. The molecule has 1 atom stereocenters. The van der Waals surface area contributed by atoms with Gasteiger partial charge in [-0.05, 0) is 37.5 Å². The summed E-state index contributed by atoms with van der Waals surface area (Å²) < 4.78 is 13.4. The molecule has 0 bridgehead atoms. The summed E-state index contributed by atoms with van der Waals surface area (Å²) in [7, 11) is 0. The van der Waals surface area contributed by atoms with Crippen molar-refractivity contribution in [3.63, 3.8) is 0 Å². The lowest BCUT2D eigenvalue weighted by Crippen LogP contribution is -2.39. The molecule has 1 unspecified atom stereocenters. The molecule has 1 aromatic heterocycles. The summed E-state index contributed by atoms with van der Waals surface area (Å²) in [5.41, 5.74) is 4.89. The molecule has 0 saturated heterocycles. The second-order valence-corrected chi connectivity index (χ2v) is 6.76. The van der Waals surface area contributed by atoms with Crippen LogP contribution in [0.1, 0.15) is 68.6 Å². The van der Waals surface area contributed by atoms with Gasteiger partial charge in [-0.2, -0.15) is 4.57 Å². The topological polar surface area (TPSA) is 8.81 Å². The van der Waals surface area contributed by atoms with Crippen LogP contribution in [0.4, 0.5) is 0 Å². The molecule has 1 fully saturated rings. The van der Waals surface area contributed by atoms with Crippen molar-refractivity contribution < 1.29 is 5.94 Å². The van der Waals surface area contributed by atoms with Crippen molar-refractivity contribution in [1.82, 2.24) is 4.57 Å². The highest BCUT2D eigenvalue weighted by molar-refractivity contribution is 5.44. The average Bonchev–Trinajstić information content (AvgIpc) is 3.18. The summed E-state index contributed by atoms with van der Waals surface area (Å²) in [6, 6.07) is 8.61. The molecule has 0 N–H and O–H groups in total. The lowest BCUT2D eigenvalue weighted by molar-refractivity contribution is -0.612. The van der Waals surface area contributed by atoms with E-state index < -0.39 is 5.89 Å². The van der Waals surface area contributed by atoms with Crippen molar-refractivity contribution >= 4 is 6.20 Å². The Morgan fingerprint density at radius 2 is 1.91 bits per heavy atom. The molecule has 0 amide bonds. The van der Waals surface area contributed by atoms with E-state index in [2.05, 4.69) is 53.4 Å². The van der Waals surface area contributed by atoms with Gasteiger partial charge in [0, 0.05) is 14.2 Å². The molecule has 4 rings (SSSR count). The molecule has 2 nitrogen and oxygen atoms in total. The summed E-state index contributed by atoms with van der Waals surface area (Å²) in [6.07, 6.45) is 9.31. The van der Waals surface area contributed by atoms with Gasteiger partial charge in [-0.3, -0.25) is 0 Å². The highest BCUT2D eigenvalue weighted by Gasteiger charge is 2.38. The van der Waals surface area contributed by atoms with E-state index in [0.717, 1.165) is 5.69 Å². The molecular formula is C20H25N2+. The van der Waals surface area contributed by atoms with Crippen LogP contribution >= 0.6 is 0 Å². The molecule has 1 aliphatic carbocycles. The largest absolute Gasteiger partial charge is 0.269 e. The molecule has 2 heterocycles. The Morgan fingerprint density at radius 1 is 1.18 bits per heavy atom. The fourth-order valence-electron chi connectivity index (χ4n) is 4.25. The lowest BCUT2D eigenvalue weighted by atomic mass is 10.1. The quantitative estimate of drug-likeness (QED) is 0.714. The smallest absolute Gasteiger partial charge is 0.203 e. The van der Waals surface area contributed by atoms with Crippen molar-refractivity contribution in [2.24, 2.45) is 0 Å². The van der Waals surface area contributed by atoms with Crippen LogP contribution < -0.4 is 4.57 Å². The summed E-state index contributed by atoms with van der Waals surface area (Å²) in [4.78, 5) is 0. The zero-order valence-electron chi connectivity index (χ0n) is 14.8. The average molecular weight is 294 g/mol. The van der Waals surface area contributed by atoms with Crippen molar-refractivity contribution in [2.75, 3.05) is 0 Å². The first-order valence-electron chi connectivity index (χ1n) is 8.93. The van der Waals surface area contributed by atoms with Crippen LogP contribution in [0.2, 0.25) is 0 Å². The van der Waals surface area contributed by atoms with E-state index in [4.69, 9.17) is 1.37 Å². The Bertz CT molecular complexity index is 792. The highest BCUT2D eigenvalue weighted by Crippen LogP contribution is 2.38. The third-order valence-electron chi connectivity index (χ3n) is 5.32. The molecule has 2 heteroatoms.